The summed E-state index contributed by atoms with van der Waals surface area (Å²) in [5.74, 6) is 0.0676. The van der Waals surface area contributed by atoms with Crippen molar-refractivity contribution < 1.29 is 14.5 Å². The first-order valence-electron chi connectivity index (χ1n) is 8.16. The van der Waals surface area contributed by atoms with Crippen LogP contribution in [0.2, 0.25) is 5.02 Å². The Morgan fingerprint density at radius 1 is 1.30 bits per heavy atom. The molecule has 0 unspecified atom stereocenters. The van der Waals surface area contributed by atoms with E-state index in [-0.39, 0.29) is 28.8 Å². The molecule has 6 nitrogen and oxygen atoms in total. The van der Waals surface area contributed by atoms with E-state index >= 15 is 0 Å². The van der Waals surface area contributed by atoms with Crippen LogP contribution in [0.15, 0.2) is 41.8 Å². The average Bonchev–Trinajstić information content (AvgIpc) is 3.24. The fraction of sp³-hybridized carbons (Fsp3) is 0.211. The number of nitro groups is 1. The molecule has 0 atom stereocenters. The molecule has 1 aromatic carbocycles. The number of hydrogen-bond donors (Lipinski definition) is 0. The summed E-state index contributed by atoms with van der Waals surface area (Å²) in [5.41, 5.74) is 2.35. The maximum absolute atomic E-state index is 12.6. The molecule has 0 aliphatic carbocycles. The van der Waals surface area contributed by atoms with Crippen molar-refractivity contribution in [3.05, 3.63) is 78.7 Å². The fourth-order valence-corrected chi connectivity index (χ4v) is 3.75. The van der Waals surface area contributed by atoms with Gasteiger partial charge >= 0.3 is 0 Å². The van der Waals surface area contributed by atoms with Crippen molar-refractivity contribution in [1.82, 2.24) is 4.57 Å². The van der Waals surface area contributed by atoms with Crippen molar-refractivity contribution in [2.45, 2.75) is 20.4 Å². The minimum Gasteiger partial charge on any atom is -0.484 e. The Bertz CT molecular complexity index is 996. The smallest absolute Gasteiger partial charge is 0.271 e. The second-order valence-corrected chi connectivity index (χ2v) is 7.47. The summed E-state index contributed by atoms with van der Waals surface area (Å²) in [6, 6.07) is 9.81. The van der Waals surface area contributed by atoms with Gasteiger partial charge in [-0.15, -0.1) is 11.3 Å². The fourth-order valence-electron chi connectivity index (χ4n) is 2.83. The number of Topliss-reactive ketones (excluding diaryl/α,β-unsaturated/α-hetero) is 1. The zero-order valence-corrected chi connectivity index (χ0v) is 16.3. The summed E-state index contributed by atoms with van der Waals surface area (Å²) in [4.78, 5) is 24.0. The molecule has 27 heavy (non-hydrogen) atoms. The van der Waals surface area contributed by atoms with Crippen LogP contribution in [0, 0.1) is 24.0 Å². The molecule has 0 fully saturated rings. The summed E-state index contributed by atoms with van der Waals surface area (Å²) >= 11 is 7.67. The van der Waals surface area contributed by atoms with E-state index in [9.17, 15) is 14.9 Å². The number of hydrogen-bond acceptors (Lipinski definition) is 5. The Labute approximate surface area is 165 Å². The Hall–Kier alpha value is -2.64. The third kappa shape index (κ3) is 4.20. The van der Waals surface area contributed by atoms with Gasteiger partial charge in [-0.3, -0.25) is 14.9 Å². The van der Waals surface area contributed by atoms with Crippen LogP contribution in [-0.4, -0.2) is 21.9 Å². The molecule has 0 N–H and O–H groups in total. The van der Waals surface area contributed by atoms with Crippen molar-refractivity contribution in [3.63, 3.8) is 0 Å². The van der Waals surface area contributed by atoms with Crippen molar-refractivity contribution in [1.29, 1.82) is 0 Å². The van der Waals surface area contributed by atoms with E-state index in [2.05, 4.69) is 10.6 Å². The number of rotatable bonds is 7. The highest BCUT2D eigenvalue weighted by atomic mass is 35.5. The van der Waals surface area contributed by atoms with Crippen molar-refractivity contribution in [2.24, 2.45) is 0 Å². The second kappa shape index (κ2) is 7.94. The van der Waals surface area contributed by atoms with Crippen LogP contribution in [0.5, 0.6) is 5.75 Å². The molecule has 0 aliphatic rings. The number of nitrogens with zero attached hydrogens (tertiary/aromatic N) is 2. The molecule has 0 saturated carbocycles. The molecule has 0 aliphatic heterocycles. The van der Waals surface area contributed by atoms with Gasteiger partial charge in [0, 0.05) is 34.0 Å². The summed E-state index contributed by atoms with van der Waals surface area (Å²) in [5, 5.41) is 12.9. The van der Waals surface area contributed by atoms with Crippen molar-refractivity contribution in [2.75, 3.05) is 6.61 Å². The summed E-state index contributed by atoms with van der Waals surface area (Å²) in [6.45, 7) is 4.40. The molecule has 2 heterocycles. The molecule has 2 aromatic heterocycles. The molecule has 3 aromatic rings. The molecule has 0 spiro atoms. The van der Waals surface area contributed by atoms with E-state index in [0.717, 1.165) is 17.9 Å². The lowest BCUT2D eigenvalue weighted by molar-refractivity contribution is -0.384. The Kier molecular flexibility index (Phi) is 5.62. The van der Waals surface area contributed by atoms with Gasteiger partial charge in [0.1, 0.15) is 5.75 Å². The number of aryl methyl sites for hydroxylation is 1. The predicted molar refractivity (Wildman–Crippen MR) is 105 cm³/mol. The van der Waals surface area contributed by atoms with Crippen molar-refractivity contribution in [3.8, 4) is 5.75 Å². The highest BCUT2D eigenvalue weighted by Gasteiger charge is 2.18. The van der Waals surface area contributed by atoms with Crippen LogP contribution in [0.3, 0.4) is 0 Å². The number of thiophene rings is 1. The first-order chi connectivity index (χ1) is 12.9. The van der Waals surface area contributed by atoms with E-state index in [1.807, 2.05) is 31.4 Å². The van der Waals surface area contributed by atoms with E-state index in [1.54, 1.807) is 11.3 Å². The third-order valence-corrected chi connectivity index (χ3v) is 5.41. The number of carbonyl (C=O) groups excluding carboxylic acids is 1. The second-order valence-electron chi connectivity index (χ2n) is 6.03. The van der Waals surface area contributed by atoms with Gasteiger partial charge < -0.3 is 9.30 Å². The molecule has 140 valence electrons. The van der Waals surface area contributed by atoms with Crippen LogP contribution in [0.1, 0.15) is 26.6 Å². The summed E-state index contributed by atoms with van der Waals surface area (Å²) in [6.07, 6.45) is 0. The Morgan fingerprint density at radius 2 is 2.07 bits per heavy atom. The number of ketones is 1. The van der Waals surface area contributed by atoms with Gasteiger partial charge in [0.2, 0.25) is 5.78 Å². The Morgan fingerprint density at radius 3 is 2.70 bits per heavy atom. The van der Waals surface area contributed by atoms with Gasteiger partial charge in [-0.05, 0) is 37.4 Å². The minimum absolute atomic E-state index is 0.0974. The molecule has 0 saturated heterocycles. The zero-order valence-electron chi connectivity index (χ0n) is 14.8. The largest absolute Gasteiger partial charge is 0.484 e. The van der Waals surface area contributed by atoms with Gasteiger partial charge in [-0.1, -0.05) is 17.7 Å². The highest BCUT2D eigenvalue weighted by Crippen LogP contribution is 2.29. The van der Waals surface area contributed by atoms with Crippen molar-refractivity contribution >= 4 is 34.4 Å². The van der Waals surface area contributed by atoms with Gasteiger partial charge in [-0.25, -0.2) is 0 Å². The maximum atomic E-state index is 12.6. The average molecular weight is 405 g/mol. The van der Waals surface area contributed by atoms with E-state index in [4.69, 9.17) is 16.3 Å². The first-order valence-corrected chi connectivity index (χ1v) is 9.41. The number of nitro benzene ring substituents is 1. The zero-order chi connectivity index (χ0) is 19.6. The number of benzene rings is 1. The van der Waals surface area contributed by atoms with E-state index in [0.29, 0.717) is 5.56 Å². The molecular formula is C19H17ClN2O4S. The maximum Gasteiger partial charge on any atom is 0.271 e. The van der Waals surface area contributed by atoms with E-state index in [1.165, 1.54) is 23.1 Å². The lowest BCUT2D eigenvalue weighted by atomic mass is 10.1. The number of aromatic nitrogens is 1. The molecule has 0 radical (unpaired) electrons. The van der Waals surface area contributed by atoms with Crippen LogP contribution >= 0.6 is 22.9 Å². The number of halogens is 1. The number of non-ortho nitro benzene ring substituents is 1. The monoisotopic (exact) mass is 404 g/mol. The quantitative estimate of drug-likeness (QED) is 0.314. The van der Waals surface area contributed by atoms with Crippen LogP contribution in [0.25, 0.3) is 0 Å². The topological polar surface area (TPSA) is 74.4 Å². The molecule has 0 bridgehead atoms. The summed E-state index contributed by atoms with van der Waals surface area (Å²) < 4.78 is 7.58. The van der Waals surface area contributed by atoms with Crippen LogP contribution in [0.4, 0.5) is 5.69 Å². The van der Waals surface area contributed by atoms with Gasteiger partial charge in [0.25, 0.3) is 5.69 Å². The van der Waals surface area contributed by atoms with Gasteiger partial charge in [0.05, 0.1) is 16.5 Å². The minimum atomic E-state index is -0.538. The highest BCUT2D eigenvalue weighted by molar-refractivity contribution is 7.09. The SMILES string of the molecule is Cc1cc(C(=O)COc2ccc([N+](=O)[O-])cc2Cl)c(C)n1Cc1cccs1. The first kappa shape index (κ1) is 19.1. The lowest BCUT2D eigenvalue weighted by Crippen LogP contribution is -2.13. The lowest BCUT2D eigenvalue weighted by Gasteiger charge is -2.09. The normalized spacial score (nSPS) is 10.8. The molecule has 3 rings (SSSR count). The van der Waals surface area contributed by atoms with Gasteiger partial charge in [0.15, 0.2) is 6.61 Å². The third-order valence-electron chi connectivity index (χ3n) is 4.25. The predicted octanol–water partition coefficient (Wildman–Crippen LogP) is 5.04. The van der Waals surface area contributed by atoms with Crippen LogP contribution < -0.4 is 4.74 Å². The summed E-state index contributed by atoms with van der Waals surface area (Å²) in [7, 11) is 0. The number of ether oxygens (including phenoxy) is 1. The Balaban J connectivity index is 1.72. The molecule has 0 amide bonds. The van der Waals surface area contributed by atoms with Crippen LogP contribution in [-0.2, 0) is 6.54 Å². The number of carbonyl (C=O) groups is 1. The van der Waals surface area contributed by atoms with E-state index < -0.39 is 4.92 Å². The van der Waals surface area contributed by atoms with Gasteiger partial charge in [-0.2, -0.15) is 0 Å². The standard InChI is InChI=1S/C19H17ClN2O4S/c1-12-8-16(13(2)21(12)10-15-4-3-7-27-15)18(23)11-26-19-6-5-14(22(24)25)9-17(19)20/h3-9H,10-11H2,1-2H3. The molecule has 8 heteroatoms. The molecular weight excluding hydrogens is 388 g/mol.